The predicted octanol–water partition coefficient (Wildman–Crippen LogP) is 3.03. The van der Waals surface area contributed by atoms with Gasteiger partial charge in [0.25, 0.3) is 0 Å². The van der Waals surface area contributed by atoms with Crippen molar-refractivity contribution in [1.82, 2.24) is 0 Å². The van der Waals surface area contributed by atoms with Gasteiger partial charge in [0.2, 0.25) is 0 Å². The molecule has 0 heterocycles. The number of rotatable bonds is 2. The normalized spacial score (nSPS) is 19.1. The second kappa shape index (κ2) is 4.29. The van der Waals surface area contributed by atoms with Crippen molar-refractivity contribution in [2.75, 3.05) is 7.11 Å². The van der Waals surface area contributed by atoms with Crippen LogP contribution in [-0.2, 0) is 5.54 Å². The minimum absolute atomic E-state index is 0.0911. The zero-order chi connectivity index (χ0) is 10.9. The van der Waals surface area contributed by atoms with Crippen molar-refractivity contribution in [3.05, 3.63) is 27.3 Å². The van der Waals surface area contributed by atoms with Crippen LogP contribution in [0.3, 0.4) is 0 Å². The predicted molar refractivity (Wildman–Crippen MR) is 70.0 cm³/mol. The number of benzene rings is 1. The second-order valence-electron chi connectivity index (χ2n) is 4.21. The van der Waals surface area contributed by atoms with Gasteiger partial charge in [-0.25, -0.2) is 0 Å². The first-order chi connectivity index (χ1) is 7.15. The fourth-order valence-electron chi connectivity index (χ4n) is 2.27. The molecule has 82 valence electrons. The topological polar surface area (TPSA) is 35.2 Å². The van der Waals surface area contributed by atoms with Gasteiger partial charge in [-0.1, -0.05) is 18.9 Å². The van der Waals surface area contributed by atoms with E-state index < -0.39 is 0 Å². The maximum Gasteiger partial charge on any atom is 0.132 e. The van der Waals surface area contributed by atoms with Crippen molar-refractivity contribution in [2.45, 2.75) is 31.2 Å². The molecule has 0 radical (unpaired) electrons. The molecule has 1 aromatic carbocycles. The van der Waals surface area contributed by atoms with Crippen LogP contribution in [0.1, 0.15) is 31.2 Å². The summed E-state index contributed by atoms with van der Waals surface area (Å²) < 4.78 is 6.39. The largest absolute Gasteiger partial charge is 0.496 e. The summed E-state index contributed by atoms with van der Waals surface area (Å²) in [5.41, 5.74) is 7.56. The first-order valence-corrected chi connectivity index (χ1v) is 6.36. The van der Waals surface area contributed by atoms with Gasteiger partial charge in [0.1, 0.15) is 5.75 Å². The summed E-state index contributed by atoms with van der Waals surface area (Å²) in [6.07, 6.45) is 4.71. The van der Waals surface area contributed by atoms with Crippen molar-refractivity contribution in [3.8, 4) is 5.75 Å². The minimum Gasteiger partial charge on any atom is -0.496 e. The zero-order valence-corrected chi connectivity index (χ0v) is 11.1. The average molecular weight is 317 g/mol. The van der Waals surface area contributed by atoms with Crippen LogP contribution in [0, 0.1) is 3.57 Å². The molecule has 2 N–H and O–H groups in total. The SMILES string of the molecule is COc1ccc(C2(N)CCCC2)cc1I. The highest BCUT2D eigenvalue weighted by Crippen LogP contribution is 2.37. The molecule has 2 nitrogen and oxygen atoms in total. The van der Waals surface area contributed by atoms with Crippen molar-refractivity contribution >= 4 is 22.6 Å². The molecule has 0 aliphatic heterocycles. The summed E-state index contributed by atoms with van der Waals surface area (Å²) in [5.74, 6) is 0.931. The zero-order valence-electron chi connectivity index (χ0n) is 8.92. The van der Waals surface area contributed by atoms with Crippen molar-refractivity contribution in [1.29, 1.82) is 0 Å². The summed E-state index contributed by atoms with van der Waals surface area (Å²) in [4.78, 5) is 0. The molecular weight excluding hydrogens is 301 g/mol. The standard InChI is InChI=1S/C12H16INO/c1-15-11-5-4-9(8-10(11)13)12(14)6-2-3-7-12/h4-5,8H,2-3,6-7,14H2,1H3. The number of halogens is 1. The van der Waals surface area contributed by atoms with Gasteiger partial charge < -0.3 is 10.5 Å². The Morgan fingerprint density at radius 2 is 2.00 bits per heavy atom. The van der Waals surface area contributed by atoms with Crippen LogP contribution in [-0.4, -0.2) is 7.11 Å². The summed E-state index contributed by atoms with van der Waals surface area (Å²) in [6.45, 7) is 0. The van der Waals surface area contributed by atoms with Gasteiger partial charge in [0.15, 0.2) is 0 Å². The van der Waals surface area contributed by atoms with Crippen molar-refractivity contribution in [3.63, 3.8) is 0 Å². The Balaban J connectivity index is 2.33. The first-order valence-electron chi connectivity index (χ1n) is 5.29. The molecule has 0 bridgehead atoms. The highest BCUT2D eigenvalue weighted by Gasteiger charge is 2.31. The van der Waals surface area contributed by atoms with E-state index in [1.807, 2.05) is 6.07 Å². The Bertz CT molecular complexity index is 359. The molecule has 1 saturated carbocycles. The van der Waals surface area contributed by atoms with E-state index >= 15 is 0 Å². The van der Waals surface area contributed by atoms with Crippen LogP contribution in [0.2, 0.25) is 0 Å². The van der Waals surface area contributed by atoms with E-state index in [9.17, 15) is 0 Å². The Hall–Kier alpha value is -0.290. The molecule has 0 unspecified atom stereocenters. The number of hydrogen-bond acceptors (Lipinski definition) is 2. The highest BCUT2D eigenvalue weighted by atomic mass is 127. The Morgan fingerprint density at radius 3 is 2.53 bits per heavy atom. The van der Waals surface area contributed by atoms with E-state index in [0.717, 1.165) is 22.2 Å². The summed E-state index contributed by atoms with van der Waals surface area (Å²) in [7, 11) is 1.70. The molecule has 1 aliphatic rings. The molecule has 1 aromatic rings. The first kappa shape index (κ1) is 11.2. The Labute approximate surface area is 104 Å². The lowest BCUT2D eigenvalue weighted by Gasteiger charge is -2.24. The van der Waals surface area contributed by atoms with Crippen LogP contribution in [0.15, 0.2) is 18.2 Å². The molecule has 2 rings (SSSR count). The van der Waals surface area contributed by atoms with E-state index in [0.29, 0.717) is 0 Å². The molecule has 1 aliphatic carbocycles. The third-order valence-corrected chi connectivity index (χ3v) is 4.07. The van der Waals surface area contributed by atoms with E-state index in [-0.39, 0.29) is 5.54 Å². The van der Waals surface area contributed by atoms with Gasteiger partial charge in [-0.2, -0.15) is 0 Å². The van der Waals surface area contributed by atoms with Crippen LogP contribution < -0.4 is 10.5 Å². The third kappa shape index (κ3) is 2.13. The molecule has 0 saturated heterocycles. The molecule has 15 heavy (non-hydrogen) atoms. The maximum absolute atomic E-state index is 6.40. The fraction of sp³-hybridized carbons (Fsp3) is 0.500. The summed E-state index contributed by atoms with van der Waals surface area (Å²) in [6, 6.07) is 6.28. The molecule has 3 heteroatoms. The number of nitrogens with two attached hydrogens (primary N) is 1. The monoisotopic (exact) mass is 317 g/mol. The highest BCUT2D eigenvalue weighted by molar-refractivity contribution is 14.1. The Morgan fingerprint density at radius 1 is 1.33 bits per heavy atom. The average Bonchev–Trinajstić information content (AvgIpc) is 2.66. The molecule has 0 aromatic heterocycles. The molecule has 1 fully saturated rings. The van der Waals surface area contributed by atoms with Crippen LogP contribution >= 0.6 is 22.6 Å². The van der Waals surface area contributed by atoms with Crippen LogP contribution in [0.4, 0.5) is 0 Å². The van der Waals surface area contributed by atoms with Crippen molar-refractivity contribution < 1.29 is 4.74 Å². The maximum atomic E-state index is 6.40. The van der Waals surface area contributed by atoms with E-state index in [1.54, 1.807) is 7.11 Å². The quantitative estimate of drug-likeness (QED) is 0.851. The Kier molecular flexibility index (Phi) is 3.21. The number of methoxy groups -OCH3 is 1. The lowest BCUT2D eigenvalue weighted by Crippen LogP contribution is -2.33. The van der Waals surface area contributed by atoms with Crippen LogP contribution in [0.25, 0.3) is 0 Å². The molecule has 0 spiro atoms. The molecule has 0 amide bonds. The van der Waals surface area contributed by atoms with Crippen molar-refractivity contribution in [2.24, 2.45) is 5.73 Å². The van der Waals surface area contributed by atoms with E-state index in [2.05, 4.69) is 34.7 Å². The lowest BCUT2D eigenvalue weighted by molar-refractivity contribution is 0.409. The van der Waals surface area contributed by atoms with Gasteiger partial charge >= 0.3 is 0 Å². The van der Waals surface area contributed by atoms with Gasteiger partial charge in [-0.3, -0.25) is 0 Å². The van der Waals surface area contributed by atoms with Crippen LogP contribution in [0.5, 0.6) is 5.75 Å². The molecule has 0 atom stereocenters. The van der Waals surface area contributed by atoms with Gasteiger partial charge in [0.05, 0.1) is 10.7 Å². The summed E-state index contributed by atoms with van der Waals surface area (Å²) >= 11 is 2.30. The fourth-order valence-corrected chi connectivity index (χ4v) is 3.01. The summed E-state index contributed by atoms with van der Waals surface area (Å²) in [5, 5.41) is 0. The second-order valence-corrected chi connectivity index (χ2v) is 5.37. The lowest BCUT2D eigenvalue weighted by atomic mass is 9.89. The smallest absolute Gasteiger partial charge is 0.132 e. The van der Waals surface area contributed by atoms with Gasteiger partial charge in [-0.05, 0) is 53.1 Å². The van der Waals surface area contributed by atoms with Gasteiger partial charge in [0, 0.05) is 5.54 Å². The molecular formula is C12H16INO. The van der Waals surface area contributed by atoms with Gasteiger partial charge in [-0.15, -0.1) is 0 Å². The number of ether oxygens (including phenoxy) is 1. The van der Waals surface area contributed by atoms with E-state index in [4.69, 9.17) is 10.5 Å². The third-order valence-electron chi connectivity index (χ3n) is 3.22. The number of hydrogen-bond donors (Lipinski definition) is 1. The minimum atomic E-state index is -0.0911. The van der Waals surface area contributed by atoms with E-state index in [1.165, 1.54) is 18.4 Å².